The summed E-state index contributed by atoms with van der Waals surface area (Å²) in [5.41, 5.74) is 18.4. The SMILES string of the molecule is Cc1[nH]ncc1N(Cc1cccs1)C(=O)COc1ccc2c(c1)CCC2.Cc1ccc(OCC(=O)N(Cc2cccs2)c2ccn[nH]2)cc1.Cc1ccc(OCC(=O)N(Cc2cccs2)c2ncco2)cc1.Cc1n[nH]c(C)c1N(CC1CCCC1)C(=O)COc1ccc2c(c1)CCC2.O=C(COc1ccc2c(c1)CCC2)N(Cc1cccs1)c1ccn[nH]1.O=C(COc1ccc2c(c1)CCC2)N(Cc1cccs1)c1cn[nH]c1. The van der Waals surface area contributed by atoms with E-state index < -0.39 is 0 Å². The summed E-state index contributed by atoms with van der Waals surface area (Å²) in [5, 5.41) is 44.6. The second kappa shape index (κ2) is 52.8. The molecule has 0 bridgehead atoms. The van der Waals surface area contributed by atoms with Crippen molar-refractivity contribution in [1.29, 1.82) is 0 Å². The van der Waals surface area contributed by atoms with Crippen molar-refractivity contribution in [1.82, 2.24) is 56.0 Å². The quantitative estimate of drug-likeness (QED) is 0.0243. The van der Waals surface area contributed by atoms with Crippen molar-refractivity contribution in [2.24, 2.45) is 5.92 Å². The second-order valence-corrected chi connectivity index (χ2v) is 41.9. The lowest BCUT2D eigenvalue weighted by Gasteiger charge is -2.26. The van der Waals surface area contributed by atoms with Crippen LogP contribution >= 0.6 is 56.7 Å². The number of thiophene rings is 5. The minimum absolute atomic E-state index is 0.00316. The molecule has 0 spiro atoms. The number of ether oxygens (including phenoxy) is 6. The van der Waals surface area contributed by atoms with Crippen molar-refractivity contribution >= 4 is 127 Å². The molecule has 35 heteroatoms. The van der Waals surface area contributed by atoms with Gasteiger partial charge in [0.15, 0.2) is 39.6 Å². The van der Waals surface area contributed by atoms with Crippen LogP contribution in [0, 0.1) is 40.5 Å². The van der Waals surface area contributed by atoms with Crippen LogP contribution in [0.1, 0.15) is 148 Å². The first-order valence-electron chi connectivity index (χ1n) is 50.1. The average molecular weight is 2100 g/mol. The fourth-order valence-electron chi connectivity index (χ4n) is 18.3. The molecule has 6 aromatic carbocycles. The Kier molecular flexibility index (Phi) is 37.3. The van der Waals surface area contributed by atoms with E-state index in [0.29, 0.717) is 61.8 Å². The molecule has 1 saturated carbocycles. The van der Waals surface area contributed by atoms with Crippen LogP contribution in [0.2, 0.25) is 0 Å². The van der Waals surface area contributed by atoms with Crippen LogP contribution in [0.3, 0.4) is 0 Å². The van der Waals surface area contributed by atoms with Gasteiger partial charge >= 0.3 is 6.01 Å². The number of aromatic amines is 5. The lowest BCUT2D eigenvalue weighted by molar-refractivity contribution is -0.121. The van der Waals surface area contributed by atoms with E-state index in [2.05, 4.69) is 105 Å². The number of fused-ring (bicyclic) bond motifs is 4. The van der Waals surface area contributed by atoms with Gasteiger partial charge in [-0.1, -0.05) is 103 Å². The molecule has 30 nitrogen and oxygen atoms in total. The molecular formula is C114H121N17O13S5. The van der Waals surface area contributed by atoms with Gasteiger partial charge in [-0.3, -0.25) is 69.0 Å². The predicted octanol–water partition coefficient (Wildman–Crippen LogP) is 22.2. The van der Waals surface area contributed by atoms with Crippen molar-refractivity contribution in [3.8, 4) is 34.5 Å². The Hall–Kier alpha value is -15.3. The van der Waals surface area contributed by atoms with E-state index in [4.69, 9.17) is 32.8 Å². The highest BCUT2D eigenvalue weighted by Gasteiger charge is 2.31. The highest BCUT2D eigenvalue weighted by Crippen LogP contribution is 2.36. The third kappa shape index (κ3) is 29.8. The molecule has 149 heavy (non-hydrogen) atoms. The van der Waals surface area contributed by atoms with Crippen LogP contribution in [-0.4, -0.2) is 138 Å². The molecule has 1 fully saturated rings. The molecule has 11 heterocycles. The van der Waals surface area contributed by atoms with Gasteiger partial charge in [0, 0.05) is 49.3 Å². The minimum Gasteiger partial charge on any atom is -0.484 e. The number of carbonyl (C=O) groups excluding carboxylic acids is 6. The van der Waals surface area contributed by atoms with Gasteiger partial charge in [0.05, 0.1) is 97.9 Å². The van der Waals surface area contributed by atoms with E-state index in [1.807, 2.05) is 200 Å². The highest BCUT2D eigenvalue weighted by atomic mass is 32.1. The van der Waals surface area contributed by atoms with Crippen LogP contribution < -0.4 is 57.8 Å². The molecule has 0 aliphatic heterocycles. The van der Waals surface area contributed by atoms with Gasteiger partial charge in [0.2, 0.25) is 0 Å². The number of carbonyl (C=O) groups is 6. The Morgan fingerprint density at radius 1 is 0.349 bits per heavy atom. The standard InChI is InChI=1S/C22H29N3O2.C20H21N3O2S.2C19H19N3O2S.C17H17N3O2S.C17H16N2O3S/c1-15-22(16(2)24-23-15)25(13-17-6-3-4-7-17)21(26)14-27-20-11-10-18-8-5-9-19(18)12-20;1-14-19(11-21-22-14)23(12-18-6-3-9-26-18)20(24)13-25-17-8-7-15-4-2-5-16(15)10-17;23-19(13-24-16-7-6-14-3-1-4-15(14)11-16)22(18-8-9-20-21-18)12-17-5-2-10-25-17;23-19(13-24-17-7-6-14-3-1-4-15(14)9-17)22(16-10-20-21-11-16)12-18-5-2-8-25-18;1-13-4-6-14(7-5-13)22-12-17(21)20(16-8-9-18-19-16)11-15-3-2-10-23-15;1-13-4-6-14(7-5-13)22-12-16(20)19(17-18-8-9-21-17)11-15-3-2-10-23-15/h10-12,17H,3-9,13-14H2,1-2H3,(H,23,24);3,6-11H,2,4-5,12-13H2,1H3,(H,21,22);2*2,5-11H,1,3-4,12-13H2,(H,20,21);2-10H,11-12H2,1H3,(H,18,19);2-10H,11-12H2,1H3. The zero-order chi connectivity index (χ0) is 103. The van der Waals surface area contributed by atoms with E-state index in [1.54, 1.807) is 119 Å². The summed E-state index contributed by atoms with van der Waals surface area (Å²) in [6.07, 6.45) is 30.0. The molecule has 11 aromatic heterocycles. The molecule has 0 unspecified atom stereocenters. The van der Waals surface area contributed by atoms with Crippen LogP contribution in [-0.2, 0) is 113 Å². The Balaban J connectivity index is 0.000000122. The minimum atomic E-state index is -0.207. The van der Waals surface area contributed by atoms with Crippen LogP contribution in [0.25, 0.3) is 0 Å². The monoisotopic (exact) mass is 2100 g/mol. The van der Waals surface area contributed by atoms with E-state index in [1.165, 1.54) is 113 Å². The van der Waals surface area contributed by atoms with E-state index in [0.717, 1.165) is 151 Å². The van der Waals surface area contributed by atoms with Crippen molar-refractivity contribution in [2.45, 2.75) is 170 Å². The molecule has 5 aliphatic rings. The topological polar surface area (TPSA) is 347 Å². The average Bonchev–Trinajstić information content (AvgIpc) is 1.68. The molecule has 5 aliphatic carbocycles. The first-order valence-corrected chi connectivity index (χ1v) is 54.5. The van der Waals surface area contributed by atoms with E-state index in [9.17, 15) is 28.8 Å². The number of hydrogen-bond donors (Lipinski definition) is 5. The Morgan fingerprint density at radius 3 is 1.06 bits per heavy atom. The zero-order valence-corrected chi connectivity index (χ0v) is 88.1. The molecule has 22 rings (SSSR count). The van der Waals surface area contributed by atoms with Gasteiger partial charge in [-0.05, 0) is 305 Å². The van der Waals surface area contributed by atoms with Gasteiger partial charge in [0.1, 0.15) is 52.4 Å². The number of oxazole rings is 1. The maximum atomic E-state index is 13.1. The van der Waals surface area contributed by atoms with Gasteiger partial charge in [-0.15, -0.1) is 56.7 Å². The number of benzene rings is 6. The van der Waals surface area contributed by atoms with Crippen molar-refractivity contribution in [3.05, 3.63) is 362 Å². The number of amides is 6. The van der Waals surface area contributed by atoms with Crippen molar-refractivity contribution in [3.63, 3.8) is 0 Å². The summed E-state index contributed by atoms with van der Waals surface area (Å²) in [5.74, 6) is 5.75. The summed E-state index contributed by atoms with van der Waals surface area (Å²) in [6, 6.07) is 63.6. The van der Waals surface area contributed by atoms with Crippen LogP contribution in [0.15, 0.2) is 269 Å². The molecular weight excluding hydrogens is 1980 g/mol. The lowest BCUT2D eigenvalue weighted by Crippen LogP contribution is -2.38. The Labute approximate surface area is 885 Å². The normalized spacial score (nSPS) is 12.8. The van der Waals surface area contributed by atoms with Gasteiger partial charge in [0.25, 0.3) is 35.4 Å². The molecule has 0 saturated heterocycles. The maximum Gasteiger partial charge on any atom is 0.304 e. The summed E-state index contributed by atoms with van der Waals surface area (Å²) in [6.45, 7) is 13.1. The lowest BCUT2D eigenvalue weighted by atomic mass is 10.1. The molecule has 0 atom stereocenters. The fraction of sp³-hybridized carbons (Fsp3) is 0.298. The van der Waals surface area contributed by atoms with Gasteiger partial charge < -0.3 is 47.5 Å². The third-order valence-corrected chi connectivity index (χ3v) is 30.4. The number of aromatic nitrogens is 11. The van der Waals surface area contributed by atoms with Crippen molar-refractivity contribution < 1.29 is 61.6 Å². The number of H-pyrrole nitrogens is 5. The summed E-state index contributed by atoms with van der Waals surface area (Å²) in [4.78, 5) is 96.3. The first-order chi connectivity index (χ1) is 72.8. The van der Waals surface area contributed by atoms with Crippen molar-refractivity contribution in [2.75, 3.05) is 75.6 Å². The third-order valence-electron chi connectivity index (χ3n) is 26.1. The smallest absolute Gasteiger partial charge is 0.304 e. The number of nitrogens with one attached hydrogen (secondary N) is 5. The largest absolute Gasteiger partial charge is 0.484 e. The maximum absolute atomic E-state index is 13.1. The van der Waals surface area contributed by atoms with Gasteiger partial charge in [-0.2, -0.15) is 25.5 Å². The Bertz CT molecular complexity index is 6760. The zero-order valence-electron chi connectivity index (χ0n) is 84.0. The molecule has 6 amide bonds. The number of aryl methyl sites for hydroxylation is 13. The summed E-state index contributed by atoms with van der Waals surface area (Å²) < 4.78 is 39.7. The second-order valence-electron chi connectivity index (χ2n) is 36.8. The number of rotatable bonds is 36. The Morgan fingerprint density at radius 2 is 0.711 bits per heavy atom. The molecule has 770 valence electrons. The summed E-state index contributed by atoms with van der Waals surface area (Å²) in [7, 11) is 0. The number of anilines is 6. The van der Waals surface area contributed by atoms with Gasteiger partial charge in [-0.25, -0.2) is 4.98 Å². The highest BCUT2D eigenvalue weighted by molar-refractivity contribution is 7.11. The first kappa shape index (κ1) is 105. The van der Waals surface area contributed by atoms with E-state index in [-0.39, 0.29) is 81.1 Å². The van der Waals surface area contributed by atoms with E-state index >= 15 is 0 Å². The number of nitrogens with zero attached hydrogens (tertiary/aromatic N) is 12. The predicted molar refractivity (Wildman–Crippen MR) is 585 cm³/mol. The summed E-state index contributed by atoms with van der Waals surface area (Å²) >= 11 is 8.08. The molecule has 17 aromatic rings. The molecule has 0 radical (unpaired) electrons. The fourth-order valence-corrected chi connectivity index (χ4v) is 21.8. The molecule has 5 N–H and O–H groups in total. The number of hydrogen-bond acceptors (Lipinski definition) is 24. The van der Waals surface area contributed by atoms with Crippen LogP contribution in [0.4, 0.5) is 34.7 Å². The van der Waals surface area contributed by atoms with Crippen LogP contribution in [0.5, 0.6) is 34.5 Å².